The molecule has 0 radical (unpaired) electrons. The van der Waals surface area contributed by atoms with Gasteiger partial charge in [0.1, 0.15) is 6.26 Å². The van der Waals surface area contributed by atoms with Crippen LogP contribution in [-0.2, 0) is 0 Å². The number of nitrogens with one attached hydrogen (secondary N) is 1. The highest BCUT2D eigenvalue weighted by atomic mass is 16.4. The van der Waals surface area contributed by atoms with Crippen LogP contribution in [0.5, 0.6) is 0 Å². The zero-order valence-corrected chi connectivity index (χ0v) is 9.93. The minimum Gasteiger partial charge on any atom is -0.431 e. The van der Waals surface area contributed by atoms with Crippen molar-refractivity contribution in [3.8, 4) is 0 Å². The molecule has 1 heterocycles. The van der Waals surface area contributed by atoms with Gasteiger partial charge in [-0.25, -0.2) is 5.84 Å². The summed E-state index contributed by atoms with van der Waals surface area (Å²) in [5.74, 6) is 9.68. The summed E-state index contributed by atoms with van der Waals surface area (Å²) in [7, 11) is 0. The van der Waals surface area contributed by atoms with Crippen LogP contribution in [0.3, 0.4) is 0 Å². The smallest absolute Gasteiger partial charge is 0.309 e. The molecule has 0 aliphatic heterocycles. The molecule has 17 heavy (non-hydrogen) atoms. The van der Waals surface area contributed by atoms with Crippen LogP contribution >= 0.6 is 0 Å². The van der Waals surface area contributed by atoms with E-state index >= 15 is 0 Å². The molecule has 0 amide bonds. The van der Waals surface area contributed by atoms with Gasteiger partial charge in [-0.05, 0) is 55.8 Å². The van der Waals surface area contributed by atoms with Crippen molar-refractivity contribution in [2.45, 2.75) is 38.0 Å². The summed E-state index contributed by atoms with van der Waals surface area (Å²) < 4.78 is 5.32. The minimum absolute atomic E-state index is 0.453. The van der Waals surface area contributed by atoms with Gasteiger partial charge in [0.2, 0.25) is 0 Å². The molecule has 0 spiro atoms. The molecule has 92 valence electrons. The Bertz CT molecular complexity index is 400. The molecule has 0 atom stereocenters. The van der Waals surface area contributed by atoms with E-state index in [0.29, 0.717) is 11.9 Å². The summed E-state index contributed by atoms with van der Waals surface area (Å²) in [5.41, 5.74) is 3.62. The van der Waals surface area contributed by atoms with Crippen molar-refractivity contribution < 1.29 is 4.42 Å². The second-order valence-electron chi connectivity index (χ2n) is 6.18. The van der Waals surface area contributed by atoms with E-state index in [4.69, 9.17) is 10.3 Å². The third-order valence-corrected chi connectivity index (χ3v) is 5.21. The lowest BCUT2D eigenvalue weighted by Gasteiger charge is -2.53. The molecule has 4 aliphatic carbocycles. The molecule has 0 aromatic carbocycles. The number of oxazole rings is 1. The van der Waals surface area contributed by atoms with E-state index in [0.717, 1.165) is 29.4 Å². The third-order valence-electron chi connectivity index (χ3n) is 5.21. The molecule has 3 N–H and O–H groups in total. The molecule has 0 saturated heterocycles. The second kappa shape index (κ2) is 3.48. The summed E-state index contributed by atoms with van der Waals surface area (Å²) >= 11 is 0. The van der Waals surface area contributed by atoms with Gasteiger partial charge in [-0.3, -0.25) is 5.43 Å². The van der Waals surface area contributed by atoms with Gasteiger partial charge in [0, 0.05) is 5.92 Å². The number of nitrogens with zero attached hydrogens (tertiary/aromatic N) is 1. The highest BCUT2D eigenvalue weighted by Crippen LogP contribution is 2.59. The third kappa shape index (κ3) is 1.43. The quantitative estimate of drug-likeness (QED) is 0.608. The Labute approximate surface area is 101 Å². The van der Waals surface area contributed by atoms with Gasteiger partial charge in [0.15, 0.2) is 0 Å². The average Bonchev–Trinajstić information content (AvgIpc) is 2.76. The van der Waals surface area contributed by atoms with Gasteiger partial charge in [0.05, 0.1) is 5.69 Å². The van der Waals surface area contributed by atoms with Crippen molar-refractivity contribution >= 4 is 6.01 Å². The summed E-state index contributed by atoms with van der Waals surface area (Å²) in [6.45, 7) is 0. The number of hydrazine groups is 1. The first-order valence-corrected chi connectivity index (χ1v) is 6.75. The Morgan fingerprint density at radius 3 is 2.29 bits per heavy atom. The van der Waals surface area contributed by atoms with Gasteiger partial charge in [-0.15, -0.1) is 0 Å². The fourth-order valence-corrected chi connectivity index (χ4v) is 4.91. The van der Waals surface area contributed by atoms with E-state index in [9.17, 15) is 0 Å². The van der Waals surface area contributed by atoms with Crippen molar-refractivity contribution in [1.82, 2.24) is 4.98 Å². The van der Waals surface area contributed by atoms with E-state index in [1.54, 1.807) is 0 Å². The number of rotatable bonds is 2. The Hall–Kier alpha value is -1.03. The molecular weight excluding hydrogens is 214 g/mol. The lowest BCUT2D eigenvalue weighted by Crippen LogP contribution is -2.43. The zero-order chi connectivity index (χ0) is 11.4. The van der Waals surface area contributed by atoms with Crippen LogP contribution in [-0.4, -0.2) is 4.98 Å². The molecule has 0 unspecified atom stereocenters. The summed E-state index contributed by atoms with van der Waals surface area (Å²) in [6.07, 6.45) is 8.95. The van der Waals surface area contributed by atoms with Crippen molar-refractivity contribution in [1.29, 1.82) is 0 Å². The Kier molecular flexibility index (Phi) is 2.04. The molecule has 4 bridgehead atoms. The van der Waals surface area contributed by atoms with Gasteiger partial charge in [-0.2, -0.15) is 4.98 Å². The van der Waals surface area contributed by atoms with Gasteiger partial charge < -0.3 is 4.42 Å². The molecule has 1 aromatic rings. The highest BCUT2D eigenvalue weighted by Gasteiger charge is 2.49. The first-order valence-electron chi connectivity index (χ1n) is 6.75. The van der Waals surface area contributed by atoms with Gasteiger partial charge in [0.25, 0.3) is 0 Å². The lowest BCUT2D eigenvalue weighted by atomic mass is 9.51. The van der Waals surface area contributed by atoms with Crippen LogP contribution in [0, 0.1) is 23.7 Å². The molecule has 4 aliphatic rings. The summed E-state index contributed by atoms with van der Waals surface area (Å²) in [4.78, 5) is 4.47. The first kappa shape index (κ1) is 9.95. The summed E-state index contributed by atoms with van der Waals surface area (Å²) in [5, 5.41) is 0. The van der Waals surface area contributed by atoms with Crippen molar-refractivity contribution in [2.75, 3.05) is 5.43 Å². The number of nitrogen functional groups attached to an aromatic ring is 1. The Balaban J connectivity index is 1.65. The number of nitrogens with two attached hydrogens (primary N) is 1. The van der Waals surface area contributed by atoms with Gasteiger partial charge >= 0.3 is 6.01 Å². The molecule has 5 rings (SSSR count). The van der Waals surface area contributed by atoms with Crippen LogP contribution in [0.4, 0.5) is 6.01 Å². The zero-order valence-electron chi connectivity index (χ0n) is 9.93. The fourth-order valence-electron chi connectivity index (χ4n) is 4.91. The number of hydrogen-bond donors (Lipinski definition) is 2. The molecule has 4 heteroatoms. The molecular formula is C13H19N3O. The first-order chi connectivity index (χ1) is 8.33. The minimum atomic E-state index is 0.453. The Morgan fingerprint density at radius 1 is 1.12 bits per heavy atom. The van der Waals surface area contributed by atoms with Crippen LogP contribution in [0.25, 0.3) is 0 Å². The number of hydrogen-bond acceptors (Lipinski definition) is 4. The monoisotopic (exact) mass is 233 g/mol. The molecule has 4 nitrogen and oxygen atoms in total. The normalized spacial score (nSPS) is 43.0. The van der Waals surface area contributed by atoms with Crippen LogP contribution < -0.4 is 11.3 Å². The topological polar surface area (TPSA) is 64.1 Å². The van der Waals surface area contributed by atoms with Crippen LogP contribution in [0.1, 0.15) is 43.7 Å². The number of aromatic nitrogens is 1. The SMILES string of the molecule is NNc1nc(C2C3CC4CC(C3)CC2C4)co1. The fraction of sp³-hybridized carbons (Fsp3) is 0.769. The average molecular weight is 233 g/mol. The maximum Gasteiger partial charge on any atom is 0.309 e. The highest BCUT2D eigenvalue weighted by molar-refractivity contribution is 5.23. The van der Waals surface area contributed by atoms with Crippen molar-refractivity contribution in [3.05, 3.63) is 12.0 Å². The van der Waals surface area contributed by atoms with Crippen LogP contribution in [0.2, 0.25) is 0 Å². The predicted octanol–water partition coefficient (Wildman–Crippen LogP) is 2.50. The van der Waals surface area contributed by atoms with E-state index in [1.807, 2.05) is 6.26 Å². The molecule has 1 aromatic heterocycles. The van der Waals surface area contributed by atoms with Gasteiger partial charge in [-0.1, -0.05) is 0 Å². The maximum absolute atomic E-state index is 5.33. The second-order valence-corrected chi connectivity index (χ2v) is 6.18. The number of anilines is 1. The molecule has 4 saturated carbocycles. The van der Waals surface area contributed by atoms with Crippen molar-refractivity contribution in [2.24, 2.45) is 29.5 Å². The van der Waals surface area contributed by atoms with Crippen LogP contribution in [0.15, 0.2) is 10.7 Å². The predicted molar refractivity (Wildman–Crippen MR) is 64.1 cm³/mol. The lowest BCUT2D eigenvalue weighted by molar-refractivity contribution is -0.00417. The standard InChI is InChI=1S/C13H19N3O/c14-16-13-15-11(6-17-13)12-9-2-7-1-8(4-9)5-10(12)3-7/h6-10,12H,1-5,14H2,(H,15,16). The largest absolute Gasteiger partial charge is 0.431 e. The summed E-state index contributed by atoms with van der Waals surface area (Å²) in [6, 6.07) is 0.453. The Morgan fingerprint density at radius 2 is 1.76 bits per heavy atom. The maximum atomic E-state index is 5.33. The van der Waals surface area contributed by atoms with Crippen molar-refractivity contribution in [3.63, 3.8) is 0 Å². The van der Waals surface area contributed by atoms with E-state index in [-0.39, 0.29) is 0 Å². The van der Waals surface area contributed by atoms with E-state index < -0.39 is 0 Å². The molecule has 4 fully saturated rings. The van der Waals surface area contributed by atoms with E-state index in [2.05, 4.69) is 10.4 Å². The van der Waals surface area contributed by atoms with E-state index in [1.165, 1.54) is 32.1 Å².